The number of hydrogen-bond donors (Lipinski definition) is 2. The third-order valence-electron chi connectivity index (χ3n) is 6.57. The molecule has 6 nitrogen and oxygen atoms in total. The van der Waals surface area contributed by atoms with Gasteiger partial charge in [-0.05, 0) is 47.0 Å². The van der Waals surface area contributed by atoms with E-state index in [4.69, 9.17) is 19.9 Å². The topological polar surface area (TPSA) is 91.0 Å². The lowest BCUT2D eigenvalue weighted by Gasteiger charge is -2.43. The van der Waals surface area contributed by atoms with Crippen molar-refractivity contribution in [3.05, 3.63) is 0 Å². The molecule has 0 aliphatic carbocycles. The molecule has 39 heavy (non-hydrogen) atoms. The van der Waals surface area contributed by atoms with Gasteiger partial charge < -0.3 is 25.1 Å². The van der Waals surface area contributed by atoms with Gasteiger partial charge in [-0.3, -0.25) is 4.79 Å². The Labute approximate surface area is 223 Å². The Morgan fingerprint density at radius 3 is 1.67 bits per heavy atom. The monoisotopic (exact) mass is 591 g/mol. The molecule has 0 spiro atoms. The minimum Gasteiger partial charge on any atom is -0.399 e. The Balaban J connectivity index is 6.17. The first-order chi connectivity index (χ1) is 17.2. The van der Waals surface area contributed by atoms with Crippen LogP contribution in [0.15, 0.2) is 0 Å². The molecule has 0 aliphatic heterocycles. The maximum Gasteiger partial charge on any atom is 0.402 e. The fourth-order valence-corrected chi connectivity index (χ4v) is 3.72. The summed E-state index contributed by atoms with van der Waals surface area (Å²) in [4.78, 5) is 13.1. The highest BCUT2D eigenvalue weighted by molar-refractivity contribution is 6.13. The zero-order valence-corrected chi connectivity index (χ0v) is 23.2. The van der Waals surface area contributed by atoms with Crippen molar-refractivity contribution >= 4 is 13.6 Å². The van der Waals surface area contributed by atoms with Crippen LogP contribution >= 0.6 is 0 Å². The lowest BCUT2D eigenvalue weighted by molar-refractivity contribution is -0.277. The number of aliphatic hydroxyl groups is 1. The molecule has 0 aromatic rings. The second-order valence-electron chi connectivity index (χ2n) is 10.9. The maximum absolute atomic E-state index is 14.2. The van der Waals surface area contributed by atoms with Crippen molar-refractivity contribution in [3.63, 3.8) is 0 Å². The second-order valence-corrected chi connectivity index (χ2v) is 10.9. The third kappa shape index (κ3) is 12.1. The second kappa shape index (κ2) is 13.3. The van der Waals surface area contributed by atoms with E-state index in [1.807, 2.05) is 0 Å². The third-order valence-corrected chi connectivity index (χ3v) is 6.57. The van der Waals surface area contributed by atoms with E-state index in [0.717, 1.165) is 27.7 Å². The van der Waals surface area contributed by atoms with E-state index < -0.39 is 91.1 Å². The van der Waals surface area contributed by atoms with Crippen LogP contribution in [0, 0.1) is 11.8 Å². The molecule has 16 heteroatoms. The molecule has 5 atom stereocenters. The van der Waals surface area contributed by atoms with Crippen LogP contribution in [0.5, 0.6) is 0 Å². The molecule has 0 aromatic heterocycles. The van der Waals surface area contributed by atoms with E-state index in [2.05, 4.69) is 0 Å². The van der Waals surface area contributed by atoms with E-state index in [1.165, 1.54) is 21.7 Å². The molecule has 3 N–H and O–H groups in total. The number of halogens is 9. The van der Waals surface area contributed by atoms with Crippen molar-refractivity contribution in [2.45, 2.75) is 108 Å². The predicted octanol–water partition coefficient (Wildman–Crippen LogP) is 4.66. The molecule has 0 aliphatic rings. The van der Waals surface area contributed by atoms with Crippen LogP contribution in [0.25, 0.3) is 0 Å². The Morgan fingerprint density at radius 2 is 1.31 bits per heavy atom. The van der Waals surface area contributed by atoms with Gasteiger partial charge in [-0.25, -0.2) is 0 Å². The summed E-state index contributed by atoms with van der Waals surface area (Å²) in [5, 5.41) is 9.78. The van der Waals surface area contributed by atoms with Crippen LogP contribution < -0.4 is 5.73 Å². The number of carbonyl (C=O) groups is 1. The van der Waals surface area contributed by atoms with Gasteiger partial charge in [-0.1, -0.05) is 13.8 Å². The predicted molar refractivity (Wildman–Crippen MR) is 126 cm³/mol. The summed E-state index contributed by atoms with van der Waals surface area (Å²) < 4.78 is 137. The average Bonchev–Trinajstić information content (AvgIpc) is 2.69. The van der Waals surface area contributed by atoms with E-state index >= 15 is 0 Å². The summed E-state index contributed by atoms with van der Waals surface area (Å²) >= 11 is 0. The Bertz CT molecular complexity index is 784. The Morgan fingerprint density at radius 1 is 0.821 bits per heavy atom. The molecule has 0 aromatic carbocycles. The van der Waals surface area contributed by atoms with Gasteiger partial charge in [0.2, 0.25) is 0 Å². The quantitative estimate of drug-likeness (QED) is 0.154. The SMILES string of the molecule is BC(C)(O)CCOC(C)(C)C(=O)C(C(F)(F)F)C(N)(CC)OCC(C(F)(F)F)C(C)(CC)OCCC(F)(F)F. The fraction of sp³-hybridized carbons (Fsp3) is 0.957. The first-order valence-corrected chi connectivity index (χ1v) is 12.3. The highest BCUT2D eigenvalue weighted by Gasteiger charge is 2.61. The summed E-state index contributed by atoms with van der Waals surface area (Å²) in [6, 6.07) is 0. The first-order valence-electron chi connectivity index (χ1n) is 12.3. The van der Waals surface area contributed by atoms with E-state index in [0.29, 0.717) is 0 Å². The van der Waals surface area contributed by atoms with Crippen LogP contribution in [0.2, 0.25) is 0 Å². The molecule has 0 saturated carbocycles. The zero-order valence-electron chi connectivity index (χ0n) is 23.2. The van der Waals surface area contributed by atoms with Crippen molar-refractivity contribution in [1.82, 2.24) is 0 Å². The van der Waals surface area contributed by atoms with Gasteiger partial charge in [0.05, 0.1) is 25.2 Å². The Kier molecular flexibility index (Phi) is 12.9. The maximum atomic E-state index is 14.2. The van der Waals surface area contributed by atoms with Gasteiger partial charge in [0, 0.05) is 12.1 Å². The zero-order chi connectivity index (χ0) is 31.3. The van der Waals surface area contributed by atoms with Crippen molar-refractivity contribution in [2.24, 2.45) is 17.6 Å². The largest absolute Gasteiger partial charge is 0.402 e. The molecular weight excluding hydrogens is 552 g/mol. The van der Waals surface area contributed by atoms with Crippen molar-refractivity contribution < 1.29 is 63.6 Å². The first kappa shape index (κ1) is 37.9. The summed E-state index contributed by atoms with van der Waals surface area (Å²) in [6.45, 7) is 3.65. The van der Waals surface area contributed by atoms with E-state index in [9.17, 15) is 49.4 Å². The van der Waals surface area contributed by atoms with Gasteiger partial charge in [0.15, 0.2) is 11.7 Å². The number of hydrogen-bond acceptors (Lipinski definition) is 6. The van der Waals surface area contributed by atoms with E-state index in [1.54, 1.807) is 0 Å². The standard InChI is InChI=1S/C23H39BF9NO5/c1-7-18(5,38-12-10-21(25,26)27)14(22(28,29)30)13-39-20(34,8-2)15(23(31,32)33)16(35)17(3,4)37-11-9-19(6,24)36/h14-15,36H,7-13,24,34H2,1-6H3. The van der Waals surface area contributed by atoms with Crippen LogP contribution in [-0.2, 0) is 19.0 Å². The van der Waals surface area contributed by atoms with Crippen molar-refractivity contribution in [1.29, 1.82) is 0 Å². The summed E-state index contributed by atoms with van der Waals surface area (Å²) in [5.74, 6) is -7.42. The van der Waals surface area contributed by atoms with Crippen molar-refractivity contribution in [2.75, 3.05) is 19.8 Å². The van der Waals surface area contributed by atoms with Gasteiger partial charge in [-0.15, -0.1) is 0 Å². The fourth-order valence-electron chi connectivity index (χ4n) is 3.72. The normalized spacial score (nSPS) is 20.0. The number of rotatable bonds is 16. The van der Waals surface area contributed by atoms with E-state index in [-0.39, 0.29) is 13.0 Å². The highest BCUT2D eigenvalue weighted by Crippen LogP contribution is 2.43. The molecule has 0 saturated heterocycles. The number of nitrogens with two attached hydrogens (primary N) is 1. The summed E-state index contributed by atoms with van der Waals surface area (Å²) in [5.41, 5.74) is -2.84. The summed E-state index contributed by atoms with van der Waals surface area (Å²) in [6.07, 6.45) is -18.1. The molecule has 232 valence electrons. The van der Waals surface area contributed by atoms with Crippen LogP contribution in [0.4, 0.5) is 39.5 Å². The number of carbonyl (C=O) groups excluding carboxylic acids is 1. The van der Waals surface area contributed by atoms with Gasteiger partial charge in [0.1, 0.15) is 25.1 Å². The minimum atomic E-state index is -5.37. The average molecular weight is 591 g/mol. The minimum absolute atomic E-state index is 0.0460. The molecule has 0 rings (SSSR count). The van der Waals surface area contributed by atoms with Gasteiger partial charge >= 0.3 is 18.5 Å². The molecule has 0 heterocycles. The van der Waals surface area contributed by atoms with Crippen LogP contribution in [0.1, 0.15) is 67.2 Å². The van der Waals surface area contributed by atoms with Gasteiger partial charge in [0.25, 0.3) is 0 Å². The number of ether oxygens (including phenoxy) is 3. The smallest absolute Gasteiger partial charge is 0.399 e. The molecule has 0 fully saturated rings. The molecular formula is C23H39BF9NO5. The lowest BCUT2D eigenvalue weighted by atomic mass is 9.80. The van der Waals surface area contributed by atoms with Gasteiger partial charge in [-0.2, -0.15) is 39.5 Å². The summed E-state index contributed by atoms with van der Waals surface area (Å²) in [7, 11) is 1.41. The molecule has 0 radical (unpaired) electrons. The molecule has 0 amide bonds. The highest BCUT2D eigenvalue weighted by atomic mass is 19.4. The number of alkyl halides is 9. The van der Waals surface area contributed by atoms with Crippen LogP contribution in [0.3, 0.4) is 0 Å². The Hall–Kier alpha value is -1.10. The van der Waals surface area contributed by atoms with Crippen LogP contribution in [-0.4, -0.2) is 79.5 Å². The molecule has 5 unspecified atom stereocenters. The van der Waals surface area contributed by atoms with Crippen molar-refractivity contribution in [3.8, 4) is 0 Å². The number of Topliss-reactive ketones (excluding diaryl/α,β-unsaturated/α-hetero) is 1. The lowest BCUT2D eigenvalue weighted by Crippen LogP contribution is -2.62. The molecule has 0 bridgehead atoms. The number of ketones is 1.